The summed E-state index contributed by atoms with van der Waals surface area (Å²) in [4.78, 5) is 5.23. The summed E-state index contributed by atoms with van der Waals surface area (Å²) in [7, 11) is -4.02. The molecule has 0 amide bonds. The number of hydrogen-bond donors (Lipinski definition) is 0. The summed E-state index contributed by atoms with van der Waals surface area (Å²) in [6.07, 6.45) is -3.86. The van der Waals surface area contributed by atoms with Gasteiger partial charge in [0.05, 0.1) is 15.6 Å². The third-order valence-electron chi connectivity index (χ3n) is 4.62. The Morgan fingerprint density at radius 3 is 2.37 bits per heavy atom. The summed E-state index contributed by atoms with van der Waals surface area (Å²) >= 11 is 12.1. The molecule has 8 nitrogen and oxygen atoms in total. The predicted molar refractivity (Wildman–Crippen MR) is 102 cm³/mol. The molecule has 0 spiro atoms. The molecular weight excluding hydrogens is 470 g/mol. The van der Waals surface area contributed by atoms with Crippen molar-refractivity contribution in [3.8, 4) is 0 Å². The number of anilines is 1. The second-order valence-corrected chi connectivity index (χ2v) is 9.12. The summed E-state index contributed by atoms with van der Waals surface area (Å²) in [6, 6.07) is 3.68. The van der Waals surface area contributed by atoms with Crippen molar-refractivity contribution < 1.29 is 26.2 Å². The topological polar surface area (TPSA) is 92.4 Å². The van der Waals surface area contributed by atoms with Gasteiger partial charge in [0.2, 0.25) is 10.0 Å². The van der Waals surface area contributed by atoms with Crippen molar-refractivity contribution >= 4 is 50.1 Å². The van der Waals surface area contributed by atoms with E-state index in [0.717, 1.165) is 6.07 Å². The lowest BCUT2D eigenvalue weighted by atomic mass is 10.2. The number of rotatable bonds is 3. The maximum Gasteiger partial charge on any atom is 0.417 e. The molecule has 14 heteroatoms. The molecule has 1 aliphatic rings. The van der Waals surface area contributed by atoms with Crippen LogP contribution in [0.25, 0.3) is 11.0 Å². The average Bonchev–Trinajstić information content (AvgIpc) is 3.15. The van der Waals surface area contributed by atoms with Crippen molar-refractivity contribution in [1.82, 2.24) is 19.6 Å². The van der Waals surface area contributed by atoms with E-state index in [1.54, 1.807) is 4.90 Å². The van der Waals surface area contributed by atoms with Gasteiger partial charge >= 0.3 is 6.18 Å². The minimum Gasteiger partial charge on any atom is -0.353 e. The molecule has 1 aliphatic heterocycles. The van der Waals surface area contributed by atoms with Crippen molar-refractivity contribution in [2.24, 2.45) is 0 Å². The number of piperazine rings is 1. The molecule has 0 radical (unpaired) electrons. The Morgan fingerprint density at radius 1 is 1.03 bits per heavy atom. The van der Waals surface area contributed by atoms with Crippen LogP contribution in [0.3, 0.4) is 0 Å². The molecule has 160 valence electrons. The molecule has 0 saturated carbocycles. The highest BCUT2D eigenvalue weighted by atomic mass is 35.5. The Labute approximate surface area is 178 Å². The minimum atomic E-state index is -4.56. The fraction of sp³-hybridized carbons (Fsp3) is 0.312. The summed E-state index contributed by atoms with van der Waals surface area (Å²) in [5.74, 6) is 0.155. The fourth-order valence-electron chi connectivity index (χ4n) is 3.14. The number of halogens is 5. The van der Waals surface area contributed by atoms with Gasteiger partial charge in [0.25, 0.3) is 0 Å². The number of fused-ring (bicyclic) bond motifs is 1. The predicted octanol–water partition coefficient (Wildman–Crippen LogP) is 3.45. The van der Waals surface area contributed by atoms with Crippen LogP contribution < -0.4 is 4.90 Å². The number of hydrogen-bond acceptors (Lipinski definition) is 7. The lowest BCUT2D eigenvalue weighted by Crippen LogP contribution is -2.49. The lowest BCUT2D eigenvalue weighted by Gasteiger charge is -2.35. The molecule has 0 atom stereocenters. The minimum absolute atomic E-state index is 0.0203. The molecule has 30 heavy (non-hydrogen) atoms. The zero-order valence-corrected chi connectivity index (χ0v) is 17.2. The largest absolute Gasteiger partial charge is 0.417 e. The monoisotopic (exact) mass is 481 g/mol. The van der Waals surface area contributed by atoms with Crippen molar-refractivity contribution in [2.45, 2.75) is 11.1 Å². The van der Waals surface area contributed by atoms with Crippen LogP contribution in [-0.2, 0) is 16.2 Å². The number of benzene rings is 1. The van der Waals surface area contributed by atoms with Crippen LogP contribution in [-0.4, -0.2) is 54.2 Å². The highest BCUT2D eigenvalue weighted by Gasteiger charge is 2.35. The van der Waals surface area contributed by atoms with E-state index in [4.69, 9.17) is 23.2 Å². The third-order valence-corrected chi connectivity index (χ3v) is 7.30. The molecule has 1 aromatic carbocycles. The van der Waals surface area contributed by atoms with Crippen LogP contribution in [0.5, 0.6) is 0 Å². The Hall–Kier alpha value is -2.15. The normalized spacial score (nSPS) is 16.4. The standard InChI is InChI=1S/C16H12Cl2F3N5O3S/c17-10-1-2-12-13(24-29-23-12)14(10)30(27,28)26-5-3-25(4-6-26)15-11(18)7-9(8-22-15)16(19,20)21/h1-2,7-8H,3-6H2. The molecule has 0 aliphatic carbocycles. The van der Waals surface area contributed by atoms with Gasteiger partial charge in [-0.25, -0.2) is 18.0 Å². The Bertz CT molecular complexity index is 1210. The quantitative estimate of drug-likeness (QED) is 0.565. The number of aromatic nitrogens is 3. The van der Waals surface area contributed by atoms with Crippen molar-refractivity contribution in [1.29, 1.82) is 0 Å². The second-order valence-electron chi connectivity index (χ2n) is 6.43. The number of nitrogens with zero attached hydrogens (tertiary/aromatic N) is 5. The molecule has 4 rings (SSSR count). The molecule has 1 saturated heterocycles. The number of sulfonamides is 1. The molecule has 0 unspecified atom stereocenters. The fourth-order valence-corrected chi connectivity index (χ4v) is 5.47. The van der Waals surface area contributed by atoms with Gasteiger partial charge in [-0.1, -0.05) is 23.2 Å². The smallest absolute Gasteiger partial charge is 0.353 e. The zero-order chi connectivity index (χ0) is 21.7. The maximum atomic E-state index is 13.1. The average molecular weight is 482 g/mol. The van der Waals surface area contributed by atoms with Crippen LogP contribution in [0.4, 0.5) is 19.0 Å². The van der Waals surface area contributed by atoms with E-state index in [-0.39, 0.29) is 58.0 Å². The number of alkyl halides is 3. The molecular formula is C16H12Cl2F3N5O3S. The first-order valence-corrected chi connectivity index (χ1v) is 10.7. The van der Waals surface area contributed by atoms with Gasteiger partial charge in [-0.3, -0.25) is 0 Å². The molecule has 0 bridgehead atoms. The summed E-state index contributed by atoms with van der Waals surface area (Å²) in [5, 5.41) is 7.08. The van der Waals surface area contributed by atoms with E-state index in [0.29, 0.717) is 6.20 Å². The molecule has 3 heterocycles. The molecule has 0 N–H and O–H groups in total. The molecule has 3 aromatic rings. The van der Waals surface area contributed by atoms with Gasteiger partial charge in [-0.2, -0.15) is 17.5 Å². The SMILES string of the molecule is O=S(=O)(c1c(Cl)ccc2nonc12)N1CCN(c2ncc(C(F)(F)F)cc2Cl)CC1. The maximum absolute atomic E-state index is 13.1. The van der Waals surface area contributed by atoms with Crippen molar-refractivity contribution in [3.05, 3.63) is 40.0 Å². The first kappa shape index (κ1) is 21.1. The Kier molecular flexibility index (Phi) is 5.29. The van der Waals surface area contributed by atoms with E-state index < -0.39 is 21.8 Å². The van der Waals surface area contributed by atoms with Crippen molar-refractivity contribution in [3.63, 3.8) is 0 Å². The van der Waals surface area contributed by atoms with E-state index >= 15 is 0 Å². The summed E-state index contributed by atoms with van der Waals surface area (Å²) < 4.78 is 70.5. The van der Waals surface area contributed by atoms with Gasteiger partial charge in [0.15, 0.2) is 5.52 Å². The summed E-state index contributed by atoms with van der Waals surface area (Å²) in [5.41, 5.74) is -0.684. The van der Waals surface area contributed by atoms with Gasteiger partial charge in [-0.15, -0.1) is 0 Å². The second kappa shape index (κ2) is 7.52. The first-order valence-electron chi connectivity index (χ1n) is 8.47. The lowest BCUT2D eigenvalue weighted by molar-refractivity contribution is -0.137. The highest BCUT2D eigenvalue weighted by molar-refractivity contribution is 7.89. The highest BCUT2D eigenvalue weighted by Crippen LogP contribution is 2.35. The van der Waals surface area contributed by atoms with Crippen LogP contribution in [0.1, 0.15) is 5.56 Å². The molecule has 1 fully saturated rings. The van der Waals surface area contributed by atoms with Gasteiger partial charge in [0, 0.05) is 32.4 Å². The Morgan fingerprint density at radius 2 is 1.73 bits per heavy atom. The first-order chi connectivity index (χ1) is 14.1. The van der Waals surface area contributed by atoms with E-state index in [1.807, 2.05) is 0 Å². The number of pyridine rings is 1. The zero-order valence-electron chi connectivity index (χ0n) is 14.9. The van der Waals surface area contributed by atoms with Crippen LogP contribution in [0.15, 0.2) is 33.9 Å². The van der Waals surface area contributed by atoms with Gasteiger partial charge in [0.1, 0.15) is 16.2 Å². The summed E-state index contributed by atoms with van der Waals surface area (Å²) in [6.45, 7) is 0.419. The van der Waals surface area contributed by atoms with Crippen LogP contribution >= 0.6 is 23.2 Å². The van der Waals surface area contributed by atoms with Crippen LogP contribution in [0.2, 0.25) is 10.0 Å². The van der Waals surface area contributed by atoms with E-state index in [9.17, 15) is 21.6 Å². The van der Waals surface area contributed by atoms with Crippen molar-refractivity contribution in [2.75, 3.05) is 31.1 Å². The van der Waals surface area contributed by atoms with E-state index in [2.05, 4.69) is 19.9 Å². The van der Waals surface area contributed by atoms with E-state index in [1.165, 1.54) is 16.4 Å². The third kappa shape index (κ3) is 3.68. The molecule has 2 aromatic heterocycles. The van der Waals surface area contributed by atoms with Gasteiger partial charge < -0.3 is 4.90 Å². The van der Waals surface area contributed by atoms with Crippen LogP contribution in [0, 0.1) is 0 Å². The van der Waals surface area contributed by atoms with Gasteiger partial charge in [-0.05, 0) is 28.5 Å². The Balaban J connectivity index is 1.56.